The third-order valence-electron chi connectivity index (χ3n) is 21.4. The highest BCUT2D eigenvalue weighted by atomic mass is 28.4. The van der Waals surface area contributed by atoms with E-state index in [0.29, 0.717) is 19.1 Å². The fourth-order valence-corrected chi connectivity index (χ4v) is 16.9. The van der Waals surface area contributed by atoms with E-state index >= 15 is 0 Å². The van der Waals surface area contributed by atoms with Crippen LogP contribution in [-0.2, 0) is 39.4 Å². The minimum absolute atomic E-state index is 0.000461. The molecule has 12 heteroatoms. The highest BCUT2D eigenvalue weighted by molar-refractivity contribution is 6.75. The van der Waals surface area contributed by atoms with E-state index in [9.17, 15) is 5.11 Å². The van der Waals surface area contributed by atoms with Gasteiger partial charge in [-0.3, -0.25) is 0 Å². The molecule has 0 aliphatic carbocycles. The lowest BCUT2D eigenvalue weighted by molar-refractivity contribution is -0.0737. The molecular weight excluding hydrogens is 1180 g/mol. The highest BCUT2D eigenvalue weighted by Crippen LogP contribution is 2.46. The second kappa shape index (κ2) is 33.4. The van der Waals surface area contributed by atoms with Crippen molar-refractivity contribution in [3.8, 4) is 5.75 Å². The largest absolute Gasteiger partial charge is 0.497 e. The first kappa shape index (κ1) is 79.2. The number of aliphatic hydroxyl groups excluding tert-OH is 1. The number of aliphatic hydroxyl groups is 1. The van der Waals surface area contributed by atoms with Gasteiger partial charge < -0.3 is 37.0 Å². The maximum absolute atomic E-state index is 10.7. The topological polar surface area (TPSA) is 84.8 Å². The predicted molar refractivity (Wildman–Crippen MR) is 394 cm³/mol. The minimum Gasteiger partial charge on any atom is -0.497 e. The molecule has 0 fully saturated rings. The summed E-state index contributed by atoms with van der Waals surface area (Å²) in [6.45, 7) is 62.1. The Labute approximate surface area is 556 Å². The summed E-state index contributed by atoms with van der Waals surface area (Å²) in [4.78, 5) is 0. The first-order valence-corrected chi connectivity index (χ1v) is 45.9. The van der Waals surface area contributed by atoms with Crippen LogP contribution in [0.1, 0.15) is 173 Å². The van der Waals surface area contributed by atoms with Crippen LogP contribution in [-0.4, -0.2) is 89.2 Å². The average Bonchev–Trinajstić information content (AvgIpc) is 0.816. The van der Waals surface area contributed by atoms with Gasteiger partial charge in [0.05, 0.1) is 50.8 Å². The van der Waals surface area contributed by atoms with Crippen molar-refractivity contribution in [2.45, 2.75) is 266 Å². The van der Waals surface area contributed by atoms with Crippen molar-refractivity contribution in [3.63, 3.8) is 0 Å². The van der Waals surface area contributed by atoms with Gasteiger partial charge in [0.25, 0.3) is 0 Å². The fraction of sp³-hybridized carbons (Fsp3) is 0.641. The Morgan fingerprint density at radius 1 is 0.456 bits per heavy atom. The van der Waals surface area contributed by atoms with Gasteiger partial charge in [-0.1, -0.05) is 252 Å². The van der Waals surface area contributed by atoms with Crippen molar-refractivity contribution in [1.82, 2.24) is 0 Å². The zero-order valence-electron chi connectivity index (χ0n) is 61.9. The molecule has 0 aromatic heterocycles. The molecule has 4 aromatic carbocycles. The molecule has 4 aromatic rings. The van der Waals surface area contributed by atoms with Crippen LogP contribution in [0.4, 0.5) is 0 Å². The Bertz CT molecular complexity index is 2640. The van der Waals surface area contributed by atoms with E-state index in [1.807, 2.05) is 12.1 Å². The average molecular weight is 1310 g/mol. The number of hydrogen-bond donors (Lipinski definition) is 1. The number of benzene rings is 4. The molecule has 0 radical (unpaired) electrons. The Morgan fingerprint density at radius 3 is 1.32 bits per heavy atom. The lowest BCUT2D eigenvalue weighted by Gasteiger charge is -2.44. The summed E-state index contributed by atoms with van der Waals surface area (Å²) in [6.07, 6.45) is 12.5. The lowest BCUT2D eigenvalue weighted by Crippen LogP contribution is -2.48. The van der Waals surface area contributed by atoms with E-state index in [1.165, 1.54) is 0 Å². The molecule has 0 saturated heterocycles. The predicted octanol–water partition coefficient (Wildman–Crippen LogP) is 21.6. The minimum atomic E-state index is -2.30. The molecule has 1 N–H and O–H groups in total. The van der Waals surface area contributed by atoms with Gasteiger partial charge in [-0.15, -0.1) is 0 Å². The van der Waals surface area contributed by atoms with Gasteiger partial charge in [-0.2, -0.15) is 0 Å². The first-order chi connectivity index (χ1) is 41.5. The van der Waals surface area contributed by atoms with Crippen molar-refractivity contribution in [2.75, 3.05) is 20.3 Å². The van der Waals surface area contributed by atoms with Crippen molar-refractivity contribution in [2.24, 2.45) is 35.5 Å². The summed E-state index contributed by atoms with van der Waals surface area (Å²) < 4.78 is 49.8. The van der Waals surface area contributed by atoms with Gasteiger partial charge in [0.1, 0.15) is 11.4 Å². The van der Waals surface area contributed by atoms with Crippen molar-refractivity contribution in [3.05, 3.63) is 162 Å². The van der Waals surface area contributed by atoms with E-state index in [1.54, 1.807) is 7.11 Å². The zero-order valence-corrected chi connectivity index (χ0v) is 65.9. The summed E-state index contributed by atoms with van der Waals surface area (Å²) in [6, 6.07) is 40.0. The Kier molecular flexibility index (Phi) is 29.4. The van der Waals surface area contributed by atoms with E-state index in [0.717, 1.165) is 53.7 Å². The molecular formula is C78H130O8Si4. The third-order valence-corrected chi connectivity index (χ3v) is 39.4. The Balaban J connectivity index is 1.72. The summed E-state index contributed by atoms with van der Waals surface area (Å²) in [7, 11) is -7.35. The molecule has 0 bridgehead atoms. The summed E-state index contributed by atoms with van der Waals surface area (Å²) >= 11 is 0. The van der Waals surface area contributed by atoms with Crippen LogP contribution in [0, 0.1) is 35.5 Å². The molecule has 0 heterocycles. The van der Waals surface area contributed by atoms with Crippen LogP contribution in [0.15, 0.2) is 140 Å². The zero-order chi connectivity index (χ0) is 67.9. The van der Waals surface area contributed by atoms with E-state index in [4.69, 9.17) is 31.9 Å². The Hall–Kier alpha value is -3.25. The number of ether oxygens (including phenoxy) is 3. The molecule has 8 nitrogen and oxygen atoms in total. The van der Waals surface area contributed by atoms with Crippen LogP contribution in [0.2, 0.25) is 72.5 Å². The molecule has 0 aliphatic rings. The lowest BCUT2D eigenvalue weighted by atomic mass is 9.80. The normalized spacial score (nSPS) is 17.6. The molecule has 0 aliphatic heterocycles. The van der Waals surface area contributed by atoms with Gasteiger partial charge in [0, 0.05) is 24.9 Å². The molecule has 0 amide bonds. The van der Waals surface area contributed by atoms with Crippen LogP contribution in [0.25, 0.3) is 0 Å². The molecule has 0 saturated carbocycles. The van der Waals surface area contributed by atoms with Gasteiger partial charge in [0.2, 0.25) is 0 Å². The van der Waals surface area contributed by atoms with Gasteiger partial charge in [-0.25, -0.2) is 0 Å². The van der Waals surface area contributed by atoms with Gasteiger partial charge >= 0.3 is 0 Å². The summed E-state index contributed by atoms with van der Waals surface area (Å²) in [5, 5.41) is 10.7. The third kappa shape index (κ3) is 22.2. The van der Waals surface area contributed by atoms with Crippen molar-refractivity contribution >= 4 is 33.3 Å². The second-order valence-corrected chi connectivity index (χ2v) is 52.0. The molecule has 4 rings (SSSR count). The molecule has 90 heavy (non-hydrogen) atoms. The number of rotatable bonds is 35. The van der Waals surface area contributed by atoms with Crippen LogP contribution < -0.4 is 4.74 Å². The molecule has 0 spiro atoms. The number of methoxy groups -OCH3 is 1. The standard InChI is InChI=1S/C78H130O8Si4/c1-58(45-52-70(84-88(22,23)75(10,11)12)63(6)73(62(5)56-79)81-57-64-47-50-68(80-19)51-48-64)54-61(4)72(86-90(26,27)77(16,17)18)60(3)46-49-69(83-87(20,21)74(7,8)9)55-71(85-89(24,25)76(13,14)15)59(2)38-37-53-82-78(65-39-31-28-32-40-65,66-41-33-29-34-42-66)67-43-35-30-36-44-67/h28-44,46-51,58-63,69-73,79H,45,52-57H2,1-27H3/t58-,59-,60-,61+,62-,63-,69+,70+,71-,72-,73-/m0/s1. The van der Waals surface area contributed by atoms with E-state index in [-0.39, 0.29) is 86.9 Å². The maximum Gasteiger partial charge on any atom is 0.192 e. The Morgan fingerprint density at radius 2 is 0.889 bits per heavy atom. The van der Waals surface area contributed by atoms with Crippen molar-refractivity contribution in [1.29, 1.82) is 0 Å². The summed E-state index contributed by atoms with van der Waals surface area (Å²) in [5.41, 5.74) is 3.52. The van der Waals surface area contributed by atoms with Crippen LogP contribution in [0.5, 0.6) is 5.75 Å². The second-order valence-electron chi connectivity index (χ2n) is 33.0. The maximum atomic E-state index is 10.7. The SMILES string of the molecule is COc1ccc(CO[C@H]([C@@H](C)[C@@H](CC[C@H](C)C[C@@H](C)[C@@H](O[Si](C)(C)C(C)(C)C)[C@@H](C)C=C[C@H](C[C@H](O[Si](C)(C)C(C)(C)C)[C@@H](C)C=CCOC(c2ccccc2)(c2ccccc2)c2ccccc2)O[Si](C)(C)C(C)(C)C)O[Si](C)(C)C(C)(C)C)[C@@H](C)CO)cc1. The van der Waals surface area contributed by atoms with E-state index in [2.05, 4.69) is 304 Å². The molecule has 0 unspecified atom stereocenters. The highest BCUT2D eigenvalue weighted by Gasteiger charge is 2.46. The summed E-state index contributed by atoms with van der Waals surface area (Å²) in [5.74, 6) is 1.65. The quantitative estimate of drug-likeness (QED) is 0.0277. The number of hydrogen-bond acceptors (Lipinski definition) is 8. The molecule has 11 atom stereocenters. The molecule has 506 valence electrons. The first-order valence-electron chi connectivity index (χ1n) is 34.3. The monoisotopic (exact) mass is 1310 g/mol. The fourth-order valence-electron chi connectivity index (χ4n) is 11.3. The van der Waals surface area contributed by atoms with Crippen molar-refractivity contribution < 1.29 is 37.0 Å². The van der Waals surface area contributed by atoms with Crippen LogP contribution >= 0.6 is 0 Å². The van der Waals surface area contributed by atoms with Gasteiger partial charge in [0.15, 0.2) is 33.3 Å². The smallest absolute Gasteiger partial charge is 0.192 e. The van der Waals surface area contributed by atoms with Crippen LogP contribution in [0.3, 0.4) is 0 Å². The van der Waals surface area contributed by atoms with E-state index < -0.39 is 38.9 Å². The van der Waals surface area contributed by atoms with Gasteiger partial charge in [-0.05, 0) is 150 Å².